The van der Waals surface area contributed by atoms with Gasteiger partial charge in [0, 0.05) is 0 Å². The lowest BCUT2D eigenvalue weighted by Gasteiger charge is -2.25. The topological polar surface area (TPSA) is 9.23 Å². The summed E-state index contributed by atoms with van der Waals surface area (Å²) < 4.78 is 5.85. The van der Waals surface area contributed by atoms with Gasteiger partial charge in [-0.1, -0.05) is 43.8 Å². The molecule has 0 unspecified atom stereocenters. The van der Waals surface area contributed by atoms with E-state index >= 15 is 0 Å². The number of unbranched alkanes of at least 4 members (excludes halogenated alkanes) is 6. The highest BCUT2D eigenvalue weighted by atomic mass is 16.5. The monoisotopic (exact) mass is 250 g/mol. The van der Waals surface area contributed by atoms with Crippen LogP contribution in [0.4, 0.5) is 0 Å². The first kappa shape index (κ1) is 15.5. The summed E-state index contributed by atoms with van der Waals surface area (Å²) in [6, 6.07) is 0. The van der Waals surface area contributed by atoms with Crippen molar-refractivity contribution in [2.75, 3.05) is 6.61 Å². The van der Waals surface area contributed by atoms with Gasteiger partial charge in [0.2, 0.25) is 0 Å². The molecule has 0 aliphatic carbocycles. The first-order valence-electron chi connectivity index (χ1n) is 7.61. The van der Waals surface area contributed by atoms with E-state index in [9.17, 15) is 0 Å². The van der Waals surface area contributed by atoms with Crippen LogP contribution < -0.4 is 0 Å². The van der Waals surface area contributed by atoms with E-state index in [1.54, 1.807) is 5.57 Å². The second-order valence-corrected chi connectivity index (χ2v) is 5.69. The third kappa shape index (κ3) is 6.39. The summed E-state index contributed by atoms with van der Waals surface area (Å²) in [5.74, 6) is 0. The molecule has 0 N–H and O–H groups in total. The van der Waals surface area contributed by atoms with Gasteiger partial charge in [-0.05, 0) is 45.1 Å². The van der Waals surface area contributed by atoms with Crippen LogP contribution in [0.2, 0.25) is 0 Å². The van der Waals surface area contributed by atoms with Gasteiger partial charge in [0.05, 0.1) is 12.7 Å². The van der Waals surface area contributed by atoms with Crippen LogP contribution in [0.1, 0.15) is 71.6 Å². The molecular formula is C17H30O. The van der Waals surface area contributed by atoms with E-state index in [0.29, 0.717) is 6.10 Å². The summed E-state index contributed by atoms with van der Waals surface area (Å²) in [5, 5.41) is 0. The number of hydrogen-bond donors (Lipinski definition) is 0. The SMILES string of the molecule is C=CCCCCCCCC[C@H]1CC(C)=C(C)CO1. The maximum atomic E-state index is 5.85. The largest absolute Gasteiger partial charge is 0.374 e. The number of hydrogen-bond acceptors (Lipinski definition) is 1. The van der Waals surface area contributed by atoms with Crippen LogP contribution in [0.25, 0.3) is 0 Å². The number of allylic oxidation sites excluding steroid dienone is 1. The average Bonchev–Trinajstić information content (AvgIpc) is 2.37. The van der Waals surface area contributed by atoms with Crippen molar-refractivity contribution in [3.8, 4) is 0 Å². The Hall–Kier alpha value is -0.560. The molecule has 0 aromatic carbocycles. The van der Waals surface area contributed by atoms with Gasteiger partial charge in [-0.3, -0.25) is 0 Å². The van der Waals surface area contributed by atoms with Gasteiger partial charge in [0.1, 0.15) is 0 Å². The molecule has 1 nitrogen and oxygen atoms in total. The molecule has 0 amide bonds. The lowest BCUT2D eigenvalue weighted by Crippen LogP contribution is -2.20. The molecule has 0 radical (unpaired) electrons. The van der Waals surface area contributed by atoms with Crippen LogP contribution in [-0.4, -0.2) is 12.7 Å². The fraction of sp³-hybridized carbons (Fsp3) is 0.765. The lowest BCUT2D eigenvalue weighted by atomic mass is 9.97. The van der Waals surface area contributed by atoms with Crippen LogP contribution in [-0.2, 0) is 4.74 Å². The van der Waals surface area contributed by atoms with Gasteiger partial charge >= 0.3 is 0 Å². The lowest BCUT2D eigenvalue weighted by molar-refractivity contribution is 0.0504. The Morgan fingerprint density at radius 2 is 1.72 bits per heavy atom. The summed E-state index contributed by atoms with van der Waals surface area (Å²) >= 11 is 0. The van der Waals surface area contributed by atoms with Gasteiger partial charge in [0.15, 0.2) is 0 Å². The van der Waals surface area contributed by atoms with E-state index in [0.717, 1.165) is 13.0 Å². The minimum atomic E-state index is 0.495. The molecule has 104 valence electrons. The predicted octanol–water partition coefficient (Wildman–Crippen LogP) is 5.42. The van der Waals surface area contributed by atoms with Crippen LogP contribution in [0, 0.1) is 0 Å². The van der Waals surface area contributed by atoms with Crippen molar-refractivity contribution >= 4 is 0 Å². The highest BCUT2D eigenvalue weighted by Gasteiger charge is 2.16. The maximum absolute atomic E-state index is 5.85. The van der Waals surface area contributed by atoms with Crippen LogP contribution in [0.5, 0.6) is 0 Å². The predicted molar refractivity (Wildman–Crippen MR) is 79.9 cm³/mol. The maximum Gasteiger partial charge on any atom is 0.0680 e. The zero-order chi connectivity index (χ0) is 13.2. The Morgan fingerprint density at radius 1 is 1.06 bits per heavy atom. The van der Waals surface area contributed by atoms with E-state index in [-0.39, 0.29) is 0 Å². The van der Waals surface area contributed by atoms with Gasteiger partial charge < -0.3 is 4.74 Å². The molecule has 0 saturated heterocycles. The molecule has 1 aliphatic rings. The third-order valence-corrected chi connectivity index (χ3v) is 3.98. The van der Waals surface area contributed by atoms with Gasteiger partial charge in [-0.15, -0.1) is 6.58 Å². The van der Waals surface area contributed by atoms with Crippen molar-refractivity contribution < 1.29 is 4.74 Å². The highest BCUT2D eigenvalue weighted by Crippen LogP contribution is 2.23. The summed E-state index contributed by atoms with van der Waals surface area (Å²) in [5.41, 5.74) is 2.99. The fourth-order valence-corrected chi connectivity index (χ4v) is 2.49. The van der Waals surface area contributed by atoms with E-state index < -0.39 is 0 Å². The van der Waals surface area contributed by atoms with Crippen molar-refractivity contribution in [1.29, 1.82) is 0 Å². The van der Waals surface area contributed by atoms with Crippen molar-refractivity contribution in [3.63, 3.8) is 0 Å². The van der Waals surface area contributed by atoms with Gasteiger partial charge in [-0.25, -0.2) is 0 Å². The van der Waals surface area contributed by atoms with Crippen LogP contribution in [0.3, 0.4) is 0 Å². The zero-order valence-electron chi connectivity index (χ0n) is 12.3. The molecule has 0 saturated carbocycles. The molecule has 0 bridgehead atoms. The van der Waals surface area contributed by atoms with Crippen LogP contribution >= 0.6 is 0 Å². The molecule has 1 aliphatic heterocycles. The molecule has 0 spiro atoms. The first-order valence-corrected chi connectivity index (χ1v) is 7.61. The zero-order valence-corrected chi connectivity index (χ0v) is 12.3. The standard InChI is InChI=1S/C17H30O/c1-4-5-6-7-8-9-10-11-12-17-13-15(2)16(3)14-18-17/h4,17H,1,5-14H2,2-3H3/t17-/m0/s1. The summed E-state index contributed by atoms with van der Waals surface area (Å²) in [6.07, 6.45) is 14.3. The normalized spacial score (nSPS) is 20.2. The number of rotatable bonds is 9. The third-order valence-electron chi connectivity index (χ3n) is 3.98. The minimum absolute atomic E-state index is 0.495. The molecule has 0 aromatic heterocycles. The Morgan fingerprint density at radius 3 is 2.39 bits per heavy atom. The van der Waals surface area contributed by atoms with Gasteiger partial charge in [0.25, 0.3) is 0 Å². The summed E-state index contributed by atoms with van der Waals surface area (Å²) in [7, 11) is 0. The van der Waals surface area contributed by atoms with E-state index in [1.807, 2.05) is 6.08 Å². The molecule has 18 heavy (non-hydrogen) atoms. The molecule has 1 heteroatoms. The van der Waals surface area contributed by atoms with E-state index in [1.165, 1.54) is 56.9 Å². The second-order valence-electron chi connectivity index (χ2n) is 5.69. The summed E-state index contributed by atoms with van der Waals surface area (Å²) in [6.45, 7) is 9.06. The molecular weight excluding hydrogens is 220 g/mol. The van der Waals surface area contributed by atoms with Crippen molar-refractivity contribution in [2.45, 2.75) is 77.7 Å². The van der Waals surface area contributed by atoms with E-state index in [4.69, 9.17) is 4.74 Å². The average molecular weight is 250 g/mol. The van der Waals surface area contributed by atoms with Crippen LogP contribution in [0.15, 0.2) is 23.8 Å². The molecule has 1 atom stereocenters. The summed E-state index contributed by atoms with van der Waals surface area (Å²) in [4.78, 5) is 0. The Labute approximate surface area is 113 Å². The second kappa shape index (κ2) is 9.38. The molecule has 0 fully saturated rings. The number of ether oxygens (including phenoxy) is 1. The smallest absolute Gasteiger partial charge is 0.0680 e. The van der Waals surface area contributed by atoms with Gasteiger partial charge in [-0.2, -0.15) is 0 Å². The quantitative estimate of drug-likeness (QED) is 0.392. The van der Waals surface area contributed by atoms with Crippen molar-refractivity contribution in [2.24, 2.45) is 0 Å². The molecule has 1 heterocycles. The van der Waals surface area contributed by atoms with E-state index in [2.05, 4.69) is 20.4 Å². The van der Waals surface area contributed by atoms with Crippen molar-refractivity contribution in [3.05, 3.63) is 23.8 Å². The highest BCUT2D eigenvalue weighted by molar-refractivity contribution is 5.13. The fourth-order valence-electron chi connectivity index (χ4n) is 2.49. The Balaban J connectivity index is 1.94. The first-order chi connectivity index (χ1) is 8.74. The minimum Gasteiger partial charge on any atom is -0.374 e. The molecule has 0 aromatic rings. The Bertz CT molecular complexity index is 265. The Kier molecular flexibility index (Phi) is 8.08. The van der Waals surface area contributed by atoms with Crippen molar-refractivity contribution in [1.82, 2.24) is 0 Å². The molecule has 1 rings (SSSR count).